The van der Waals surface area contributed by atoms with Gasteiger partial charge in [-0.05, 0) is 30.2 Å². The van der Waals surface area contributed by atoms with Crippen LogP contribution in [0.3, 0.4) is 0 Å². The normalized spacial score (nSPS) is 13.7. The summed E-state index contributed by atoms with van der Waals surface area (Å²) in [4.78, 5) is 13.6. The van der Waals surface area contributed by atoms with E-state index in [0.717, 1.165) is 22.4 Å². The van der Waals surface area contributed by atoms with E-state index in [1.165, 1.54) is 0 Å². The molecule has 0 aliphatic rings. The predicted octanol–water partition coefficient (Wildman–Crippen LogP) is 5.41. The van der Waals surface area contributed by atoms with Crippen molar-refractivity contribution in [3.63, 3.8) is 0 Å². The lowest BCUT2D eigenvalue weighted by molar-refractivity contribution is 0.0802. The molecular formula is C25H28ClNO2. The first kappa shape index (κ1) is 22.7. The zero-order valence-electron chi connectivity index (χ0n) is 17.1. The number of halogens is 1. The lowest BCUT2D eigenvalue weighted by Crippen LogP contribution is -2.42. The van der Waals surface area contributed by atoms with E-state index in [9.17, 15) is 4.79 Å². The van der Waals surface area contributed by atoms with Crippen molar-refractivity contribution in [1.29, 1.82) is 0 Å². The van der Waals surface area contributed by atoms with Crippen LogP contribution >= 0.6 is 12.4 Å². The van der Waals surface area contributed by atoms with E-state index in [1.807, 2.05) is 67.6 Å². The Morgan fingerprint density at radius 3 is 2.17 bits per heavy atom. The standard InChI is InChI=1S/C25H27NO2.ClH/c1-18-9-7-12-20(15-18)23(21-13-8-14-22(16-21)28-3)25(2,17-26)24(27)19-10-5-4-6-11-19;/h4-16,23H,17,26H2,1-3H3;1H. The molecule has 0 radical (unpaired) electrons. The summed E-state index contributed by atoms with van der Waals surface area (Å²) >= 11 is 0. The van der Waals surface area contributed by atoms with Gasteiger partial charge in [0, 0.05) is 18.0 Å². The smallest absolute Gasteiger partial charge is 0.170 e. The fourth-order valence-electron chi connectivity index (χ4n) is 3.86. The van der Waals surface area contributed by atoms with Gasteiger partial charge in [0.05, 0.1) is 12.5 Å². The van der Waals surface area contributed by atoms with E-state index in [0.29, 0.717) is 5.56 Å². The number of nitrogens with two attached hydrogens (primary N) is 1. The van der Waals surface area contributed by atoms with Gasteiger partial charge >= 0.3 is 0 Å². The fraction of sp³-hybridized carbons (Fsp3) is 0.240. The van der Waals surface area contributed by atoms with Gasteiger partial charge in [-0.1, -0.05) is 79.2 Å². The molecule has 0 aromatic heterocycles. The Balaban J connectivity index is 0.00000300. The topological polar surface area (TPSA) is 52.3 Å². The van der Waals surface area contributed by atoms with Crippen LogP contribution in [0.2, 0.25) is 0 Å². The minimum absolute atomic E-state index is 0. The van der Waals surface area contributed by atoms with Gasteiger partial charge in [-0.25, -0.2) is 0 Å². The SMILES string of the molecule is COc1cccc(C(c2cccc(C)c2)C(C)(CN)C(=O)c2ccccc2)c1.Cl. The monoisotopic (exact) mass is 409 g/mol. The van der Waals surface area contributed by atoms with Gasteiger partial charge in [-0.15, -0.1) is 12.4 Å². The third kappa shape index (κ3) is 4.69. The summed E-state index contributed by atoms with van der Waals surface area (Å²) in [5.74, 6) is 0.617. The minimum Gasteiger partial charge on any atom is -0.497 e. The quantitative estimate of drug-likeness (QED) is 0.531. The number of Topliss-reactive ketones (excluding diaryl/α,β-unsaturated/α-hetero) is 1. The van der Waals surface area contributed by atoms with Crippen LogP contribution in [0, 0.1) is 12.3 Å². The second kappa shape index (κ2) is 9.73. The van der Waals surface area contributed by atoms with Gasteiger partial charge in [-0.2, -0.15) is 0 Å². The Bertz CT molecular complexity index is 958. The van der Waals surface area contributed by atoms with Crippen molar-refractivity contribution < 1.29 is 9.53 Å². The van der Waals surface area contributed by atoms with E-state index in [-0.39, 0.29) is 30.7 Å². The number of hydrogen-bond donors (Lipinski definition) is 1. The maximum atomic E-state index is 13.6. The summed E-state index contributed by atoms with van der Waals surface area (Å²) in [6, 6.07) is 25.6. The zero-order valence-corrected chi connectivity index (χ0v) is 17.9. The van der Waals surface area contributed by atoms with Gasteiger partial charge in [0.2, 0.25) is 0 Å². The number of rotatable bonds is 7. The van der Waals surface area contributed by atoms with E-state index >= 15 is 0 Å². The third-order valence-corrected chi connectivity index (χ3v) is 5.42. The fourth-order valence-corrected chi connectivity index (χ4v) is 3.86. The molecule has 0 aliphatic carbocycles. The van der Waals surface area contributed by atoms with Crippen LogP contribution in [0.5, 0.6) is 5.75 Å². The highest BCUT2D eigenvalue weighted by Gasteiger charge is 2.42. The predicted molar refractivity (Wildman–Crippen MR) is 121 cm³/mol. The van der Waals surface area contributed by atoms with Crippen LogP contribution in [-0.2, 0) is 0 Å². The minimum atomic E-state index is -0.804. The first-order chi connectivity index (χ1) is 13.5. The van der Waals surface area contributed by atoms with Crippen molar-refractivity contribution >= 4 is 18.2 Å². The second-order valence-corrected chi connectivity index (χ2v) is 7.44. The molecule has 3 rings (SSSR count). The molecule has 0 saturated carbocycles. The molecule has 2 atom stereocenters. The molecule has 0 aliphatic heterocycles. The Hall–Kier alpha value is -2.62. The van der Waals surface area contributed by atoms with Crippen LogP contribution in [-0.4, -0.2) is 19.4 Å². The van der Waals surface area contributed by atoms with Crippen molar-refractivity contribution in [1.82, 2.24) is 0 Å². The first-order valence-electron chi connectivity index (χ1n) is 9.50. The largest absolute Gasteiger partial charge is 0.497 e. The Kier molecular flexibility index (Phi) is 7.60. The molecule has 4 heteroatoms. The summed E-state index contributed by atoms with van der Waals surface area (Å²) in [6.07, 6.45) is 0. The summed E-state index contributed by atoms with van der Waals surface area (Å²) in [6.45, 7) is 4.26. The van der Waals surface area contributed by atoms with Crippen LogP contribution in [0.1, 0.15) is 39.9 Å². The summed E-state index contributed by atoms with van der Waals surface area (Å²) in [5, 5.41) is 0. The maximum Gasteiger partial charge on any atom is 0.170 e. The number of methoxy groups -OCH3 is 1. The molecule has 152 valence electrons. The zero-order chi connectivity index (χ0) is 20.1. The number of carbonyl (C=O) groups is 1. The van der Waals surface area contributed by atoms with Gasteiger partial charge in [0.15, 0.2) is 5.78 Å². The van der Waals surface area contributed by atoms with Crippen LogP contribution in [0.15, 0.2) is 78.9 Å². The molecule has 2 N–H and O–H groups in total. The van der Waals surface area contributed by atoms with Crippen molar-refractivity contribution in [2.75, 3.05) is 13.7 Å². The summed E-state index contributed by atoms with van der Waals surface area (Å²) < 4.78 is 5.44. The van der Waals surface area contributed by atoms with Crippen molar-refractivity contribution in [3.8, 4) is 5.75 Å². The highest BCUT2D eigenvalue weighted by atomic mass is 35.5. The average molecular weight is 410 g/mol. The number of ketones is 1. The van der Waals surface area contributed by atoms with Gasteiger partial charge in [-0.3, -0.25) is 4.79 Å². The average Bonchev–Trinajstić information content (AvgIpc) is 2.74. The van der Waals surface area contributed by atoms with Crippen molar-refractivity contribution in [2.24, 2.45) is 11.1 Å². The summed E-state index contributed by atoms with van der Waals surface area (Å²) in [5.41, 5.74) is 9.39. The number of benzene rings is 3. The molecule has 3 nitrogen and oxygen atoms in total. The highest BCUT2D eigenvalue weighted by molar-refractivity contribution is 6.01. The van der Waals surface area contributed by atoms with Crippen LogP contribution in [0.25, 0.3) is 0 Å². The molecule has 3 aromatic rings. The van der Waals surface area contributed by atoms with E-state index in [1.54, 1.807) is 7.11 Å². The molecule has 0 fully saturated rings. The molecule has 0 saturated heterocycles. The number of ether oxygens (including phenoxy) is 1. The van der Waals surface area contributed by atoms with Gasteiger partial charge < -0.3 is 10.5 Å². The van der Waals surface area contributed by atoms with Crippen molar-refractivity contribution in [3.05, 3.63) is 101 Å². The first-order valence-corrected chi connectivity index (χ1v) is 9.50. The number of aryl methyl sites for hydroxylation is 1. The van der Waals surface area contributed by atoms with E-state index < -0.39 is 5.41 Å². The molecule has 3 aromatic carbocycles. The van der Waals surface area contributed by atoms with Gasteiger partial charge in [0.1, 0.15) is 5.75 Å². The van der Waals surface area contributed by atoms with E-state index in [2.05, 4.69) is 25.1 Å². The number of hydrogen-bond acceptors (Lipinski definition) is 3. The maximum absolute atomic E-state index is 13.6. The Morgan fingerprint density at radius 2 is 1.59 bits per heavy atom. The molecule has 0 amide bonds. The Morgan fingerprint density at radius 1 is 0.966 bits per heavy atom. The molecule has 0 bridgehead atoms. The summed E-state index contributed by atoms with van der Waals surface area (Å²) in [7, 11) is 1.65. The third-order valence-electron chi connectivity index (χ3n) is 5.42. The lowest BCUT2D eigenvalue weighted by atomic mass is 9.66. The lowest BCUT2D eigenvalue weighted by Gasteiger charge is -2.36. The van der Waals surface area contributed by atoms with Crippen molar-refractivity contribution in [2.45, 2.75) is 19.8 Å². The number of carbonyl (C=O) groups excluding carboxylic acids is 1. The van der Waals surface area contributed by atoms with Crippen LogP contribution in [0.4, 0.5) is 0 Å². The Labute approximate surface area is 179 Å². The van der Waals surface area contributed by atoms with Gasteiger partial charge in [0.25, 0.3) is 0 Å². The molecular weight excluding hydrogens is 382 g/mol. The molecule has 29 heavy (non-hydrogen) atoms. The molecule has 2 unspecified atom stereocenters. The van der Waals surface area contributed by atoms with Crippen LogP contribution < -0.4 is 10.5 Å². The molecule has 0 spiro atoms. The highest BCUT2D eigenvalue weighted by Crippen LogP contribution is 2.43. The van der Waals surface area contributed by atoms with E-state index in [4.69, 9.17) is 10.5 Å². The molecule has 0 heterocycles. The second-order valence-electron chi connectivity index (χ2n) is 7.44.